The van der Waals surface area contributed by atoms with Crippen LogP contribution < -0.4 is 5.32 Å². The molecule has 0 radical (unpaired) electrons. The van der Waals surface area contributed by atoms with Crippen molar-refractivity contribution in [3.05, 3.63) is 35.9 Å². The second kappa shape index (κ2) is 15.4. The Bertz CT molecular complexity index is 823. The second-order valence-electron chi connectivity index (χ2n) is 9.54. The molecule has 37 heavy (non-hydrogen) atoms. The van der Waals surface area contributed by atoms with Gasteiger partial charge in [-0.2, -0.15) is 0 Å². The third-order valence-electron chi connectivity index (χ3n) is 6.55. The average Bonchev–Trinajstić information content (AvgIpc) is 2.90. The first-order valence-electron chi connectivity index (χ1n) is 13.1. The Hall–Kier alpha value is -2.08. The fourth-order valence-electron chi connectivity index (χ4n) is 4.56. The normalized spacial score (nSPS) is 28.2. The lowest BCUT2D eigenvalue weighted by molar-refractivity contribution is -0.361. The summed E-state index contributed by atoms with van der Waals surface area (Å²) in [7, 11) is 1.41. The van der Waals surface area contributed by atoms with Crippen molar-refractivity contribution < 1.29 is 43.1 Å². The third kappa shape index (κ3) is 9.31. The summed E-state index contributed by atoms with van der Waals surface area (Å²) in [4.78, 5) is 22.9. The van der Waals surface area contributed by atoms with Crippen molar-refractivity contribution in [1.82, 2.24) is 5.32 Å². The van der Waals surface area contributed by atoms with Crippen molar-refractivity contribution in [2.24, 2.45) is 0 Å². The number of aliphatic hydroxyl groups is 1. The third-order valence-corrected chi connectivity index (χ3v) is 6.55. The van der Waals surface area contributed by atoms with Crippen LogP contribution in [0.1, 0.15) is 64.2 Å². The highest BCUT2D eigenvalue weighted by atomic mass is 16.8. The van der Waals surface area contributed by atoms with Crippen molar-refractivity contribution >= 4 is 11.9 Å². The zero-order valence-electron chi connectivity index (χ0n) is 22.0. The van der Waals surface area contributed by atoms with E-state index < -0.39 is 43.0 Å². The van der Waals surface area contributed by atoms with Crippen LogP contribution in [0.25, 0.3) is 0 Å². The van der Waals surface area contributed by atoms with Crippen LogP contribution in [0.2, 0.25) is 0 Å². The molecule has 1 aromatic rings. The van der Waals surface area contributed by atoms with E-state index in [9.17, 15) is 14.7 Å². The number of benzene rings is 1. The zero-order chi connectivity index (χ0) is 26.6. The maximum absolute atomic E-state index is 11.8. The van der Waals surface area contributed by atoms with Crippen LogP contribution >= 0.6 is 0 Å². The standard InChI is InChI=1S/C27H41NO9/c1-18(11-7-4-5-10-14-22(30)32-3)28-15-16-33-27-23(31)25(35-19(2)29)24-21(36-27)17-34-26(37-24)20-12-8-6-9-13-20/h6,8-9,12-13,18,21,23-28,31H,4-5,7,10-11,14-17H2,1-3H3/t18?,21-,23-,24+,25-,26?,27-/m1/s1. The lowest BCUT2D eigenvalue weighted by Gasteiger charge is -2.47. The molecule has 2 saturated heterocycles. The molecule has 2 N–H and O–H groups in total. The number of hydrogen-bond acceptors (Lipinski definition) is 10. The van der Waals surface area contributed by atoms with E-state index in [1.165, 1.54) is 14.0 Å². The van der Waals surface area contributed by atoms with Crippen LogP contribution in [0, 0.1) is 0 Å². The molecule has 10 nitrogen and oxygen atoms in total. The fraction of sp³-hybridized carbons (Fsp3) is 0.704. The first-order valence-corrected chi connectivity index (χ1v) is 13.1. The number of methoxy groups -OCH3 is 1. The molecule has 3 rings (SSSR count). The summed E-state index contributed by atoms with van der Waals surface area (Å²) in [5.74, 6) is -0.674. The summed E-state index contributed by atoms with van der Waals surface area (Å²) in [5, 5.41) is 14.3. The number of rotatable bonds is 14. The number of hydrogen-bond donors (Lipinski definition) is 2. The summed E-state index contributed by atoms with van der Waals surface area (Å²) in [6, 6.07) is 9.74. The molecule has 2 fully saturated rings. The van der Waals surface area contributed by atoms with E-state index in [-0.39, 0.29) is 12.6 Å². The van der Waals surface area contributed by atoms with Gasteiger partial charge in [0.15, 0.2) is 18.7 Å². The Morgan fingerprint density at radius 2 is 1.89 bits per heavy atom. The Balaban J connectivity index is 1.40. The number of aliphatic hydroxyl groups excluding tert-OH is 1. The Morgan fingerprint density at radius 1 is 1.14 bits per heavy atom. The van der Waals surface area contributed by atoms with Gasteiger partial charge in [0, 0.05) is 31.5 Å². The minimum Gasteiger partial charge on any atom is -0.469 e. The minimum absolute atomic E-state index is 0.156. The van der Waals surface area contributed by atoms with Crippen molar-refractivity contribution in [2.45, 2.75) is 95.4 Å². The van der Waals surface area contributed by atoms with Gasteiger partial charge in [-0.1, -0.05) is 49.6 Å². The molecular formula is C27H41NO9. The maximum atomic E-state index is 11.8. The quantitative estimate of drug-likeness (QED) is 0.278. The molecule has 0 aromatic heterocycles. The number of carbonyl (C=O) groups is 2. The molecule has 0 bridgehead atoms. The molecular weight excluding hydrogens is 482 g/mol. The number of esters is 2. The molecule has 2 aliphatic heterocycles. The van der Waals surface area contributed by atoms with Crippen molar-refractivity contribution in [1.29, 1.82) is 0 Å². The lowest BCUT2D eigenvalue weighted by Crippen LogP contribution is -2.63. The van der Waals surface area contributed by atoms with Crippen LogP contribution in [-0.4, -0.2) is 80.7 Å². The number of nitrogens with one attached hydrogen (secondary N) is 1. The predicted octanol–water partition coefficient (Wildman–Crippen LogP) is 2.63. The van der Waals surface area contributed by atoms with E-state index in [1.807, 2.05) is 30.3 Å². The molecule has 0 saturated carbocycles. The molecule has 10 heteroatoms. The molecule has 7 atom stereocenters. The number of fused-ring (bicyclic) bond motifs is 1. The van der Waals surface area contributed by atoms with E-state index in [0.29, 0.717) is 25.6 Å². The van der Waals surface area contributed by atoms with Crippen molar-refractivity contribution in [3.8, 4) is 0 Å². The molecule has 1 aromatic carbocycles. The van der Waals surface area contributed by atoms with Gasteiger partial charge >= 0.3 is 11.9 Å². The van der Waals surface area contributed by atoms with Gasteiger partial charge in [-0.05, 0) is 19.8 Å². The predicted molar refractivity (Wildman–Crippen MR) is 133 cm³/mol. The van der Waals surface area contributed by atoms with Crippen LogP contribution in [0.3, 0.4) is 0 Å². The Morgan fingerprint density at radius 3 is 2.62 bits per heavy atom. The van der Waals surface area contributed by atoms with Gasteiger partial charge in [0.1, 0.15) is 18.3 Å². The van der Waals surface area contributed by atoms with Gasteiger partial charge in [0.25, 0.3) is 0 Å². The maximum Gasteiger partial charge on any atom is 0.305 e. The van der Waals surface area contributed by atoms with E-state index >= 15 is 0 Å². The average molecular weight is 524 g/mol. The van der Waals surface area contributed by atoms with Crippen molar-refractivity contribution in [2.75, 3.05) is 26.9 Å². The van der Waals surface area contributed by atoms with Crippen LogP contribution in [0.4, 0.5) is 0 Å². The second-order valence-corrected chi connectivity index (χ2v) is 9.54. The Labute approximate surface area is 218 Å². The molecule has 2 heterocycles. The molecule has 2 aliphatic rings. The fourth-order valence-corrected chi connectivity index (χ4v) is 4.56. The SMILES string of the molecule is COC(=O)CCCCCCC(C)NCCO[C@@H]1O[C@@H]2COC(c3ccccc3)O[C@@H]2[C@H](OC(C)=O)[C@H]1O. The smallest absolute Gasteiger partial charge is 0.305 e. The molecule has 0 amide bonds. The van der Waals surface area contributed by atoms with Crippen LogP contribution in [-0.2, 0) is 38.0 Å². The number of ether oxygens (including phenoxy) is 6. The van der Waals surface area contributed by atoms with Gasteiger partial charge < -0.3 is 38.8 Å². The van der Waals surface area contributed by atoms with E-state index in [2.05, 4.69) is 17.0 Å². The molecule has 0 spiro atoms. The monoisotopic (exact) mass is 523 g/mol. The molecule has 0 aliphatic carbocycles. The van der Waals surface area contributed by atoms with Gasteiger partial charge in [-0.3, -0.25) is 9.59 Å². The van der Waals surface area contributed by atoms with Crippen LogP contribution in [0.5, 0.6) is 0 Å². The summed E-state index contributed by atoms with van der Waals surface area (Å²) in [6.45, 7) is 4.51. The van der Waals surface area contributed by atoms with Gasteiger partial charge in [-0.15, -0.1) is 0 Å². The molecule has 2 unspecified atom stereocenters. The number of carbonyl (C=O) groups excluding carboxylic acids is 2. The van der Waals surface area contributed by atoms with Gasteiger partial charge in [0.05, 0.1) is 20.3 Å². The summed E-state index contributed by atoms with van der Waals surface area (Å²) in [5.41, 5.74) is 0.830. The zero-order valence-corrected chi connectivity index (χ0v) is 22.0. The minimum atomic E-state index is -1.21. The van der Waals surface area contributed by atoms with Gasteiger partial charge in [0.2, 0.25) is 0 Å². The van der Waals surface area contributed by atoms with E-state index in [4.69, 9.17) is 23.7 Å². The highest BCUT2D eigenvalue weighted by molar-refractivity contribution is 5.69. The highest BCUT2D eigenvalue weighted by Gasteiger charge is 2.51. The van der Waals surface area contributed by atoms with Crippen molar-refractivity contribution in [3.63, 3.8) is 0 Å². The highest BCUT2D eigenvalue weighted by Crippen LogP contribution is 2.35. The molecule has 208 valence electrons. The number of unbranched alkanes of at least 4 members (excludes halogenated alkanes) is 3. The topological polar surface area (TPSA) is 122 Å². The van der Waals surface area contributed by atoms with E-state index in [1.54, 1.807) is 0 Å². The largest absolute Gasteiger partial charge is 0.469 e. The Kier molecular flexibility index (Phi) is 12.2. The summed E-state index contributed by atoms with van der Waals surface area (Å²) >= 11 is 0. The summed E-state index contributed by atoms with van der Waals surface area (Å²) < 4.78 is 33.8. The van der Waals surface area contributed by atoms with Gasteiger partial charge in [-0.25, -0.2) is 0 Å². The first-order chi connectivity index (χ1) is 17.9. The van der Waals surface area contributed by atoms with Crippen LogP contribution in [0.15, 0.2) is 30.3 Å². The first kappa shape index (κ1) is 29.5. The lowest BCUT2D eigenvalue weighted by atomic mass is 9.97. The van der Waals surface area contributed by atoms with E-state index in [0.717, 1.165) is 37.7 Å². The summed E-state index contributed by atoms with van der Waals surface area (Å²) in [6.07, 6.45) is 0.466.